The summed E-state index contributed by atoms with van der Waals surface area (Å²) in [5.41, 5.74) is 0. The topological polar surface area (TPSA) is 135 Å². The van der Waals surface area contributed by atoms with Gasteiger partial charge < -0.3 is 39.4 Å². The van der Waals surface area contributed by atoms with Crippen LogP contribution in [0.4, 0.5) is 0 Å². The van der Waals surface area contributed by atoms with Gasteiger partial charge in [-0.05, 0) is 51.4 Å². The summed E-state index contributed by atoms with van der Waals surface area (Å²) < 4.78 is 23.0. The van der Waals surface area contributed by atoms with E-state index in [1.165, 1.54) is 205 Å². The van der Waals surface area contributed by atoms with Crippen LogP contribution in [0.15, 0.2) is 36.5 Å². The zero-order valence-electron chi connectivity index (χ0n) is 45.1. The number of esters is 1. The van der Waals surface area contributed by atoms with Crippen molar-refractivity contribution in [3.05, 3.63) is 36.5 Å². The average Bonchev–Trinajstić information content (AvgIpc) is 3.35. The Labute approximate surface area is 425 Å². The minimum absolute atomic E-state index is 0.113. The number of ether oxygens (including phenoxy) is 4. The molecule has 4 N–H and O–H groups in total. The first-order valence-corrected chi connectivity index (χ1v) is 29.6. The molecular formula is C60H112O9. The highest BCUT2D eigenvalue weighted by atomic mass is 16.7. The van der Waals surface area contributed by atoms with Crippen molar-refractivity contribution in [2.45, 2.75) is 314 Å². The summed E-state index contributed by atoms with van der Waals surface area (Å²) in [6.45, 7) is 4.60. The van der Waals surface area contributed by atoms with Gasteiger partial charge in [0.1, 0.15) is 30.5 Å². The van der Waals surface area contributed by atoms with Crippen molar-refractivity contribution < 1.29 is 44.2 Å². The highest BCUT2D eigenvalue weighted by Gasteiger charge is 2.44. The van der Waals surface area contributed by atoms with Gasteiger partial charge in [-0.2, -0.15) is 0 Å². The van der Waals surface area contributed by atoms with Gasteiger partial charge in [-0.3, -0.25) is 4.79 Å². The van der Waals surface area contributed by atoms with Gasteiger partial charge in [0.25, 0.3) is 0 Å². The molecule has 69 heavy (non-hydrogen) atoms. The molecule has 1 rings (SSSR count). The standard InChI is InChI=1S/C60H112O9/c1-3-5-7-9-11-13-15-17-19-21-23-25-27-29-31-33-35-37-39-41-43-45-47-49-56(62)68-54(53-67-60-59(65)58(64)57(63)55(51-61)69-60)52-66-50-48-46-44-42-40-38-36-34-32-30-28-26-24-22-20-18-16-14-12-10-8-6-4-2/h15,17,21,23,27,29,54-55,57-61,63-65H,3-14,16,18-20,22,24-26,28,30-53H2,1-2H3/b17-15-,23-21-,29-27-. The molecule has 0 aromatic carbocycles. The Balaban J connectivity index is 2.15. The first-order chi connectivity index (χ1) is 33.9. The summed E-state index contributed by atoms with van der Waals surface area (Å²) in [4.78, 5) is 12.9. The first-order valence-electron chi connectivity index (χ1n) is 29.6. The molecule has 1 heterocycles. The largest absolute Gasteiger partial charge is 0.457 e. The Morgan fingerprint density at radius 3 is 1.26 bits per heavy atom. The predicted molar refractivity (Wildman–Crippen MR) is 288 cm³/mol. The van der Waals surface area contributed by atoms with Crippen molar-refractivity contribution in [2.75, 3.05) is 26.4 Å². The van der Waals surface area contributed by atoms with Crippen LogP contribution in [0.25, 0.3) is 0 Å². The third-order valence-corrected chi connectivity index (χ3v) is 13.8. The van der Waals surface area contributed by atoms with Crippen molar-refractivity contribution >= 4 is 5.97 Å². The lowest BCUT2D eigenvalue weighted by Crippen LogP contribution is -2.59. The molecule has 1 aliphatic heterocycles. The average molecular weight is 978 g/mol. The second-order valence-corrected chi connectivity index (χ2v) is 20.5. The highest BCUT2D eigenvalue weighted by Crippen LogP contribution is 2.23. The molecule has 9 heteroatoms. The molecule has 1 fully saturated rings. The lowest BCUT2D eigenvalue weighted by Gasteiger charge is -2.39. The van der Waals surface area contributed by atoms with Gasteiger partial charge in [0.05, 0.1) is 19.8 Å². The van der Waals surface area contributed by atoms with E-state index in [1.807, 2.05) is 0 Å². The minimum Gasteiger partial charge on any atom is -0.457 e. The molecule has 0 radical (unpaired) electrons. The van der Waals surface area contributed by atoms with E-state index in [4.69, 9.17) is 18.9 Å². The quantitative estimate of drug-likeness (QED) is 0.0267. The van der Waals surface area contributed by atoms with Crippen LogP contribution in [-0.4, -0.2) is 89.6 Å². The van der Waals surface area contributed by atoms with E-state index in [0.29, 0.717) is 13.0 Å². The van der Waals surface area contributed by atoms with Gasteiger partial charge in [-0.25, -0.2) is 0 Å². The Morgan fingerprint density at radius 2 is 0.841 bits per heavy atom. The molecule has 0 bridgehead atoms. The highest BCUT2D eigenvalue weighted by molar-refractivity contribution is 5.69. The molecule has 406 valence electrons. The molecule has 0 aromatic heterocycles. The van der Waals surface area contributed by atoms with Gasteiger partial charge in [-0.1, -0.05) is 256 Å². The number of hydrogen-bond acceptors (Lipinski definition) is 9. The maximum atomic E-state index is 12.9. The molecule has 0 spiro atoms. The van der Waals surface area contributed by atoms with E-state index in [-0.39, 0.29) is 19.2 Å². The Kier molecular flexibility index (Phi) is 48.7. The Bertz CT molecular complexity index is 1160. The van der Waals surface area contributed by atoms with Crippen molar-refractivity contribution in [3.8, 4) is 0 Å². The molecule has 9 nitrogen and oxygen atoms in total. The summed E-state index contributed by atoms with van der Waals surface area (Å²) in [6, 6.07) is 0. The van der Waals surface area contributed by atoms with E-state index >= 15 is 0 Å². The fraction of sp³-hybridized carbons (Fsp3) is 0.883. The van der Waals surface area contributed by atoms with Gasteiger partial charge in [-0.15, -0.1) is 0 Å². The number of unbranched alkanes of at least 4 members (excludes halogenated alkanes) is 35. The Hall–Kier alpha value is -1.59. The SMILES string of the molecule is CCCCCCC/C=C\C/C=C\C/C=C\CCCCCCCCCCC(=O)OC(COCCCCCCCCCCCCCCCCCCCCCCCCC)COC1OC(CO)C(O)C(O)C1O. The van der Waals surface area contributed by atoms with Gasteiger partial charge in [0.2, 0.25) is 0 Å². The second kappa shape index (κ2) is 51.3. The normalized spacial score (nSPS) is 19.2. The number of allylic oxidation sites excluding steroid dienone is 6. The molecule has 6 atom stereocenters. The molecule has 0 saturated carbocycles. The van der Waals surface area contributed by atoms with Crippen molar-refractivity contribution in [3.63, 3.8) is 0 Å². The van der Waals surface area contributed by atoms with E-state index in [2.05, 4.69) is 50.3 Å². The van der Waals surface area contributed by atoms with Crippen LogP contribution in [0.5, 0.6) is 0 Å². The van der Waals surface area contributed by atoms with Crippen molar-refractivity contribution in [2.24, 2.45) is 0 Å². The molecule has 1 saturated heterocycles. The summed E-state index contributed by atoms with van der Waals surface area (Å²) >= 11 is 0. The summed E-state index contributed by atoms with van der Waals surface area (Å²) in [6.07, 6.45) is 57.6. The molecule has 1 aliphatic rings. The maximum Gasteiger partial charge on any atom is 0.306 e. The van der Waals surface area contributed by atoms with Crippen LogP contribution >= 0.6 is 0 Å². The molecule has 0 aromatic rings. The van der Waals surface area contributed by atoms with E-state index in [0.717, 1.165) is 51.4 Å². The van der Waals surface area contributed by atoms with E-state index < -0.39 is 43.4 Å². The lowest BCUT2D eigenvalue weighted by molar-refractivity contribution is -0.305. The summed E-state index contributed by atoms with van der Waals surface area (Å²) in [7, 11) is 0. The van der Waals surface area contributed by atoms with Crippen LogP contribution in [-0.2, 0) is 23.7 Å². The zero-order chi connectivity index (χ0) is 49.9. The summed E-state index contributed by atoms with van der Waals surface area (Å²) in [5, 5.41) is 40.4. The van der Waals surface area contributed by atoms with Gasteiger partial charge in [0, 0.05) is 13.0 Å². The van der Waals surface area contributed by atoms with Crippen molar-refractivity contribution in [1.82, 2.24) is 0 Å². The molecule has 0 amide bonds. The fourth-order valence-corrected chi connectivity index (χ4v) is 9.21. The smallest absolute Gasteiger partial charge is 0.306 e. The van der Waals surface area contributed by atoms with Crippen LogP contribution in [0, 0.1) is 0 Å². The maximum absolute atomic E-state index is 12.9. The van der Waals surface area contributed by atoms with Crippen LogP contribution in [0.2, 0.25) is 0 Å². The number of aliphatic hydroxyl groups is 4. The summed E-state index contributed by atoms with van der Waals surface area (Å²) in [5.74, 6) is -0.315. The number of hydrogen-bond donors (Lipinski definition) is 4. The van der Waals surface area contributed by atoms with Crippen molar-refractivity contribution in [1.29, 1.82) is 0 Å². The number of aliphatic hydroxyl groups excluding tert-OH is 4. The fourth-order valence-electron chi connectivity index (χ4n) is 9.21. The van der Waals surface area contributed by atoms with Crippen LogP contribution in [0.3, 0.4) is 0 Å². The van der Waals surface area contributed by atoms with Crippen LogP contribution < -0.4 is 0 Å². The second-order valence-electron chi connectivity index (χ2n) is 20.5. The van der Waals surface area contributed by atoms with E-state index in [1.54, 1.807) is 0 Å². The Morgan fingerprint density at radius 1 is 0.464 bits per heavy atom. The lowest BCUT2D eigenvalue weighted by atomic mass is 9.99. The monoisotopic (exact) mass is 977 g/mol. The third-order valence-electron chi connectivity index (χ3n) is 13.8. The molecule has 6 unspecified atom stereocenters. The third kappa shape index (κ3) is 41.6. The van der Waals surface area contributed by atoms with E-state index in [9.17, 15) is 25.2 Å². The predicted octanol–water partition coefficient (Wildman–Crippen LogP) is 15.4. The van der Waals surface area contributed by atoms with Gasteiger partial charge >= 0.3 is 5.97 Å². The number of rotatable bonds is 52. The van der Waals surface area contributed by atoms with Gasteiger partial charge in [0.15, 0.2) is 6.29 Å². The first kappa shape index (κ1) is 65.4. The number of carbonyl (C=O) groups is 1. The zero-order valence-corrected chi connectivity index (χ0v) is 45.1. The number of carbonyl (C=O) groups excluding carboxylic acids is 1. The van der Waals surface area contributed by atoms with Crippen LogP contribution in [0.1, 0.15) is 277 Å². The molecular weight excluding hydrogens is 865 g/mol. The minimum atomic E-state index is -1.54. The molecule has 0 aliphatic carbocycles.